The number of aliphatic hydroxyl groups is 1. The zero-order valence-electron chi connectivity index (χ0n) is 17.5. The third-order valence-corrected chi connectivity index (χ3v) is 5.01. The molecule has 1 amide bonds. The Morgan fingerprint density at radius 3 is 2.74 bits per heavy atom. The van der Waals surface area contributed by atoms with E-state index in [1.54, 1.807) is 0 Å². The first-order chi connectivity index (χ1) is 12.8. The van der Waals surface area contributed by atoms with Crippen molar-refractivity contribution in [3.8, 4) is 0 Å². The zero-order valence-corrected chi connectivity index (χ0v) is 17.5. The molecule has 6 nitrogen and oxygen atoms in total. The van der Waals surface area contributed by atoms with Gasteiger partial charge in [-0.3, -0.25) is 9.48 Å². The van der Waals surface area contributed by atoms with Crippen molar-refractivity contribution in [3.05, 3.63) is 17.0 Å². The summed E-state index contributed by atoms with van der Waals surface area (Å²) in [4.78, 5) is 12.9. The van der Waals surface area contributed by atoms with Crippen LogP contribution in [0.1, 0.15) is 75.1 Å². The first-order valence-corrected chi connectivity index (χ1v) is 10.4. The molecule has 0 atom stereocenters. The van der Waals surface area contributed by atoms with E-state index in [0.29, 0.717) is 32.2 Å². The summed E-state index contributed by atoms with van der Waals surface area (Å²) in [5.74, 6) is 0.628. The molecular formula is C21H37N3O3. The van der Waals surface area contributed by atoms with Gasteiger partial charge in [0.1, 0.15) is 0 Å². The van der Waals surface area contributed by atoms with Gasteiger partial charge in [-0.2, -0.15) is 5.10 Å². The SMILES string of the molecule is CC(C)CCCc1nn(CC(C)(C)CO)c2c1C(=O)NCCCOCCC2. The van der Waals surface area contributed by atoms with Crippen LogP contribution in [-0.4, -0.2) is 47.2 Å². The van der Waals surface area contributed by atoms with Gasteiger partial charge in [-0.1, -0.05) is 34.1 Å². The molecule has 0 fully saturated rings. The molecule has 154 valence electrons. The Morgan fingerprint density at radius 2 is 2.04 bits per heavy atom. The second-order valence-corrected chi connectivity index (χ2v) is 8.86. The number of amides is 1. The fraction of sp³-hybridized carbons (Fsp3) is 0.810. The molecule has 0 saturated heterocycles. The molecule has 1 aliphatic heterocycles. The van der Waals surface area contributed by atoms with Crippen LogP contribution in [0.15, 0.2) is 0 Å². The van der Waals surface area contributed by atoms with E-state index in [4.69, 9.17) is 9.84 Å². The lowest BCUT2D eigenvalue weighted by molar-refractivity contribution is 0.0943. The maximum Gasteiger partial charge on any atom is 0.255 e. The third-order valence-electron chi connectivity index (χ3n) is 5.01. The summed E-state index contributed by atoms with van der Waals surface area (Å²) in [5, 5.41) is 17.6. The van der Waals surface area contributed by atoms with E-state index >= 15 is 0 Å². The van der Waals surface area contributed by atoms with Crippen LogP contribution in [0.5, 0.6) is 0 Å². The molecule has 6 heteroatoms. The van der Waals surface area contributed by atoms with Gasteiger partial charge in [-0.15, -0.1) is 0 Å². The zero-order chi connectivity index (χ0) is 19.9. The molecule has 0 unspecified atom stereocenters. The van der Waals surface area contributed by atoms with Crippen molar-refractivity contribution in [2.24, 2.45) is 11.3 Å². The molecule has 0 spiro atoms. The Kier molecular flexibility index (Phi) is 8.29. The Morgan fingerprint density at radius 1 is 1.30 bits per heavy atom. The fourth-order valence-electron chi connectivity index (χ4n) is 3.42. The standard InChI is InChI=1S/C21H37N3O3/c1-16(2)8-5-9-17-19-18(24(23-17)14-21(3,4)15-25)10-6-12-27-13-7-11-22-20(19)26/h16,25H,5-15H2,1-4H3,(H,22,26). The van der Waals surface area contributed by atoms with Crippen LogP contribution in [0.3, 0.4) is 0 Å². The second-order valence-electron chi connectivity index (χ2n) is 8.86. The van der Waals surface area contributed by atoms with Gasteiger partial charge in [0.2, 0.25) is 0 Å². The third kappa shape index (κ3) is 6.61. The van der Waals surface area contributed by atoms with Gasteiger partial charge in [-0.05, 0) is 38.0 Å². The minimum absolute atomic E-state index is 0.0144. The quantitative estimate of drug-likeness (QED) is 0.764. The molecule has 0 bridgehead atoms. The first-order valence-electron chi connectivity index (χ1n) is 10.4. The number of aromatic nitrogens is 2. The van der Waals surface area contributed by atoms with Crippen molar-refractivity contribution in [3.63, 3.8) is 0 Å². The predicted octanol–water partition coefficient (Wildman–Crippen LogP) is 2.96. The summed E-state index contributed by atoms with van der Waals surface area (Å²) >= 11 is 0. The van der Waals surface area contributed by atoms with Crippen LogP contribution >= 0.6 is 0 Å². The number of hydrogen-bond acceptors (Lipinski definition) is 4. The van der Waals surface area contributed by atoms with Crippen LogP contribution in [-0.2, 0) is 24.1 Å². The van der Waals surface area contributed by atoms with E-state index in [1.165, 1.54) is 0 Å². The van der Waals surface area contributed by atoms with Crippen molar-refractivity contribution in [2.45, 2.75) is 72.8 Å². The van der Waals surface area contributed by atoms with Crippen molar-refractivity contribution < 1.29 is 14.6 Å². The average molecular weight is 380 g/mol. The number of ether oxygens (including phenoxy) is 1. The maximum atomic E-state index is 12.9. The molecule has 1 aromatic heterocycles. The minimum Gasteiger partial charge on any atom is -0.396 e. The lowest BCUT2D eigenvalue weighted by Gasteiger charge is -2.23. The summed E-state index contributed by atoms with van der Waals surface area (Å²) in [6.07, 6.45) is 5.44. The summed E-state index contributed by atoms with van der Waals surface area (Å²) < 4.78 is 7.62. The Hall–Kier alpha value is -1.40. The number of fused-ring (bicyclic) bond motifs is 1. The Balaban J connectivity index is 2.36. The van der Waals surface area contributed by atoms with Crippen LogP contribution in [0.25, 0.3) is 0 Å². The van der Waals surface area contributed by atoms with Crippen molar-refractivity contribution in [1.82, 2.24) is 15.1 Å². The summed E-state index contributed by atoms with van der Waals surface area (Å²) in [5.41, 5.74) is 2.36. The van der Waals surface area contributed by atoms with Gasteiger partial charge in [0.05, 0.1) is 17.0 Å². The van der Waals surface area contributed by atoms with Crippen molar-refractivity contribution in [2.75, 3.05) is 26.4 Å². The number of aliphatic hydroxyl groups excluding tert-OH is 1. The molecule has 1 aliphatic rings. The molecule has 2 heterocycles. The first kappa shape index (κ1) is 21.9. The number of rotatable bonds is 7. The molecule has 2 N–H and O–H groups in total. The number of hydrogen-bond donors (Lipinski definition) is 2. The molecule has 0 radical (unpaired) electrons. The largest absolute Gasteiger partial charge is 0.396 e. The molecule has 2 rings (SSSR count). The number of nitrogens with one attached hydrogen (secondary N) is 1. The summed E-state index contributed by atoms with van der Waals surface area (Å²) in [6, 6.07) is 0. The molecule has 1 aromatic rings. The summed E-state index contributed by atoms with van der Waals surface area (Å²) in [6.45, 7) is 11.2. The Bertz CT molecular complexity index is 608. The normalized spacial score (nSPS) is 16.7. The van der Waals surface area contributed by atoms with Crippen molar-refractivity contribution >= 4 is 5.91 Å². The number of nitrogens with zero attached hydrogens (tertiary/aromatic N) is 2. The Labute approximate surface area is 163 Å². The molecular weight excluding hydrogens is 342 g/mol. The average Bonchev–Trinajstić information content (AvgIpc) is 2.91. The van der Waals surface area contributed by atoms with Gasteiger partial charge in [0, 0.05) is 38.3 Å². The van der Waals surface area contributed by atoms with E-state index in [0.717, 1.165) is 55.5 Å². The van der Waals surface area contributed by atoms with Gasteiger partial charge >= 0.3 is 0 Å². The monoisotopic (exact) mass is 379 g/mol. The number of carbonyl (C=O) groups is 1. The lowest BCUT2D eigenvalue weighted by Crippen LogP contribution is -2.28. The van der Waals surface area contributed by atoms with E-state index in [2.05, 4.69) is 19.2 Å². The minimum atomic E-state index is -0.284. The fourth-order valence-corrected chi connectivity index (χ4v) is 3.42. The summed E-state index contributed by atoms with van der Waals surface area (Å²) in [7, 11) is 0. The van der Waals surface area contributed by atoms with E-state index in [1.807, 2.05) is 18.5 Å². The maximum absolute atomic E-state index is 12.9. The topological polar surface area (TPSA) is 76.4 Å². The molecule has 27 heavy (non-hydrogen) atoms. The van der Waals surface area contributed by atoms with Gasteiger partial charge in [-0.25, -0.2) is 0 Å². The number of carbonyl (C=O) groups excluding carboxylic acids is 1. The van der Waals surface area contributed by atoms with E-state index in [-0.39, 0.29) is 17.9 Å². The van der Waals surface area contributed by atoms with Gasteiger partial charge in [0.25, 0.3) is 5.91 Å². The number of aryl methyl sites for hydroxylation is 1. The van der Waals surface area contributed by atoms with Crippen LogP contribution in [0.2, 0.25) is 0 Å². The predicted molar refractivity (Wildman–Crippen MR) is 107 cm³/mol. The highest BCUT2D eigenvalue weighted by atomic mass is 16.5. The van der Waals surface area contributed by atoms with Crippen LogP contribution in [0.4, 0.5) is 0 Å². The second kappa shape index (κ2) is 10.2. The van der Waals surface area contributed by atoms with Crippen LogP contribution in [0, 0.1) is 11.3 Å². The van der Waals surface area contributed by atoms with Gasteiger partial charge < -0.3 is 15.2 Å². The van der Waals surface area contributed by atoms with E-state index < -0.39 is 0 Å². The van der Waals surface area contributed by atoms with Crippen LogP contribution < -0.4 is 5.32 Å². The highest BCUT2D eigenvalue weighted by molar-refractivity contribution is 5.96. The lowest BCUT2D eigenvalue weighted by atomic mass is 9.94. The molecule has 0 saturated carbocycles. The highest BCUT2D eigenvalue weighted by Crippen LogP contribution is 2.24. The highest BCUT2D eigenvalue weighted by Gasteiger charge is 2.27. The van der Waals surface area contributed by atoms with Crippen molar-refractivity contribution in [1.29, 1.82) is 0 Å². The molecule has 0 aromatic carbocycles. The smallest absolute Gasteiger partial charge is 0.255 e. The van der Waals surface area contributed by atoms with E-state index in [9.17, 15) is 9.90 Å². The molecule has 0 aliphatic carbocycles. The van der Waals surface area contributed by atoms with Gasteiger partial charge in [0.15, 0.2) is 0 Å².